The number of rotatable bonds is 5. The van der Waals surface area contributed by atoms with Crippen LogP contribution in [0.3, 0.4) is 0 Å². The molecule has 0 atom stereocenters. The van der Waals surface area contributed by atoms with Crippen LogP contribution >= 0.6 is 0 Å². The second-order valence-corrected chi connectivity index (χ2v) is 6.59. The maximum atomic E-state index is 12.4. The van der Waals surface area contributed by atoms with Crippen LogP contribution in [0.15, 0.2) is 30.3 Å². The molecule has 1 aromatic rings. The molecule has 1 fully saturated rings. The highest BCUT2D eigenvalue weighted by atomic mass is 16.2. The van der Waals surface area contributed by atoms with Gasteiger partial charge in [-0.2, -0.15) is 0 Å². The lowest BCUT2D eigenvalue weighted by molar-refractivity contribution is -0.121. The van der Waals surface area contributed by atoms with Crippen LogP contribution in [0.25, 0.3) is 0 Å². The normalized spacial score (nSPS) is 15.1. The number of nitrogens with one attached hydrogen (secondary N) is 2. The molecular formula is C18H26N4O3. The van der Waals surface area contributed by atoms with Crippen molar-refractivity contribution in [3.63, 3.8) is 0 Å². The minimum absolute atomic E-state index is 0.0118. The first-order chi connectivity index (χ1) is 12.0. The van der Waals surface area contributed by atoms with E-state index < -0.39 is 6.03 Å². The van der Waals surface area contributed by atoms with Gasteiger partial charge in [-0.1, -0.05) is 32.0 Å². The molecule has 1 saturated heterocycles. The summed E-state index contributed by atoms with van der Waals surface area (Å²) in [6.45, 7) is 7.01. The summed E-state index contributed by atoms with van der Waals surface area (Å²) >= 11 is 0. The van der Waals surface area contributed by atoms with E-state index in [9.17, 15) is 14.4 Å². The van der Waals surface area contributed by atoms with Crippen molar-refractivity contribution in [1.29, 1.82) is 0 Å². The van der Waals surface area contributed by atoms with Crippen LogP contribution in [0.2, 0.25) is 0 Å². The highest BCUT2D eigenvalue weighted by Gasteiger charge is 2.23. The van der Waals surface area contributed by atoms with Gasteiger partial charge in [0.15, 0.2) is 0 Å². The van der Waals surface area contributed by atoms with E-state index in [0.717, 1.165) is 0 Å². The number of carbonyl (C=O) groups is 3. The summed E-state index contributed by atoms with van der Waals surface area (Å²) in [4.78, 5) is 39.6. The lowest BCUT2D eigenvalue weighted by atomic mass is 10.2. The molecule has 0 aliphatic carbocycles. The fourth-order valence-electron chi connectivity index (χ4n) is 2.58. The molecule has 4 amide bonds. The number of urea groups is 1. The molecule has 2 rings (SSSR count). The highest BCUT2D eigenvalue weighted by Crippen LogP contribution is 2.08. The Bertz CT molecular complexity index is 596. The van der Waals surface area contributed by atoms with Gasteiger partial charge in [-0.3, -0.25) is 19.8 Å². The Morgan fingerprint density at radius 3 is 2.28 bits per heavy atom. The lowest BCUT2D eigenvalue weighted by Crippen LogP contribution is -2.52. The quantitative estimate of drug-likeness (QED) is 0.831. The molecule has 7 nitrogen and oxygen atoms in total. The van der Waals surface area contributed by atoms with Crippen LogP contribution in [0.5, 0.6) is 0 Å². The smallest absolute Gasteiger partial charge is 0.321 e. The van der Waals surface area contributed by atoms with Crippen molar-refractivity contribution < 1.29 is 14.4 Å². The van der Waals surface area contributed by atoms with Crippen molar-refractivity contribution in [2.45, 2.75) is 13.8 Å². The molecule has 0 spiro atoms. The summed E-state index contributed by atoms with van der Waals surface area (Å²) in [5.74, 6) is 0.0120. The summed E-state index contributed by atoms with van der Waals surface area (Å²) in [7, 11) is 0. The van der Waals surface area contributed by atoms with E-state index in [0.29, 0.717) is 44.2 Å². The van der Waals surface area contributed by atoms with Crippen molar-refractivity contribution >= 4 is 17.8 Å². The Morgan fingerprint density at radius 1 is 1.04 bits per heavy atom. The van der Waals surface area contributed by atoms with Gasteiger partial charge in [0, 0.05) is 38.3 Å². The Labute approximate surface area is 148 Å². The fraction of sp³-hybridized carbons (Fsp3) is 0.500. The van der Waals surface area contributed by atoms with E-state index in [1.54, 1.807) is 17.0 Å². The second-order valence-electron chi connectivity index (χ2n) is 6.59. The summed E-state index contributed by atoms with van der Waals surface area (Å²) in [6, 6.07) is 8.72. The Kier molecular flexibility index (Phi) is 6.94. The summed E-state index contributed by atoms with van der Waals surface area (Å²) in [5.41, 5.74) is 0.676. The number of nitrogens with zero attached hydrogens (tertiary/aromatic N) is 2. The molecule has 0 saturated carbocycles. The van der Waals surface area contributed by atoms with Crippen molar-refractivity contribution in [2.24, 2.45) is 5.92 Å². The molecule has 1 heterocycles. The molecule has 0 bridgehead atoms. The molecule has 2 N–H and O–H groups in total. The number of piperazine rings is 1. The molecule has 1 aromatic carbocycles. The van der Waals surface area contributed by atoms with Crippen LogP contribution in [0.4, 0.5) is 4.79 Å². The van der Waals surface area contributed by atoms with Gasteiger partial charge in [-0.05, 0) is 18.1 Å². The molecule has 1 aliphatic rings. The average Bonchev–Trinajstić information content (AvgIpc) is 2.60. The Hall–Kier alpha value is -2.41. The van der Waals surface area contributed by atoms with Gasteiger partial charge in [0.2, 0.25) is 5.91 Å². The van der Waals surface area contributed by atoms with E-state index in [2.05, 4.69) is 10.6 Å². The Morgan fingerprint density at radius 2 is 1.68 bits per heavy atom. The van der Waals surface area contributed by atoms with Crippen molar-refractivity contribution in [2.75, 3.05) is 39.3 Å². The summed E-state index contributed by atoms with van der Waals surface area (Å²) in [6.07, 6.45) is 0. The third-order valence-corrected chi connectivity index (χ3v) is 3.97. The predicted octanol–water partition coefficient (Wildman–Crippen LogP) is 0.926. The maximum Gasteiger partial charge on any atom is 0.321 e. The third-order valence-electron chi connectivity index (χ3n) is 3.97. The number of carbonyl (C=O) groups excluding carboxylic acids is 3. The van der Waals surface area contributed by atoms with Gasteiger partial charge in [-0.15, -0.1) is 0 Å². The van der Waals surface area contributed by atoms with Gasteiger partial charge >= 0.3 is 6.03 Å². The largest absolute Gasteiger partial charge is 0.338 e. The second kappa shape index (κ2) is 9.17. The summed E-state index contributed by atoms with van der Waals surface area (Å²) < 4.78 is 0. The van der Waals surface area contributed by atoms with Crippen molar-refractivity contribution in [3.8, 4) is 0 Å². The van der Waals surface area contributed by atoms with E-state index in [1.165, 1.54) is 0 Å². The molecule has 7 heteroatoms. The van der Waals surface area contributed by atoms with Crippen molar-refractivity contribution in [3.05, 3.63) is 35.9 Å². The SMILES string of the molecule is CC(C)CNC(=O)NC(=O)CN1CCN(C(=O)c2ccccc2)CC1. The number of amides is 4. The fourth-order valence-corrected chi connectivity index (χ4v) is 2.58. The molecule has 1 aliphatic heterocycles. The lowest BCUT2D eigenvalue weighted by Gasteiger charge is -2.34. The zero-order chi connectivity index (χ0) is 18.2. The molecule has 25 heavy (non-hydrogen) atoms. The van der Waals surface area contributed by atoms with Crippen LogP contribution in [-0.2, 0) is 4.79 Å². The predicted molar refractivity (Wildman–Crippen MR) is 95.2 cm³/mol. The van der Waals surface area contributed by atoms with Gasteiger partial charge in [-0.25, -0.2) is 4.79 Å². The van der Waals surface area contributed by atoms with Crippen molar-refractivity contribution in [1.82, 2.24) is 20.4 Å². The summed E-state index contributed by atoms with van der Waals surface area (Å²) in [5, 5.41) is 4.98. The zero-order valence-electron chi connectivity index (χ0n) is 14.8. The standard InChI is InChI=1S/C18H26N4O3/c1-14(2)12-19-18(25)20-16(23)13-21-8-10-22(11-9-21)17(24)15-6-4-3-5-7-15/h3-7,14H,8-13H2,1-2H3,(H2,19,20,23,25). The molecule has 0 radical (unpaired) electrons. The first-order valence-corrected chi connectivity index (χ1v) is 8.60. The highest BCUT2D eigenvalue weighted by molar-refractivity contribution is 5.95. The van der Waals surface area contributed by atoms with Gasteiger partial charge in [0.05, 0.1) is 6.54 Å². The minimum Gasteiger partial charge on any atom is -0.338 e. The van der Waals surface area contributed by atoms with Crippen LogP contribution in [0, 0.1) is 5.92 Å². The maximum absolute atomic E-state index is 12.4. The third kappa shape index (κ3) is 6.19. The van der Waals surface area contributed by atoms with E-state index in [1.807, 2.05) is 36.9 Å². The number of hydrogen-bond acceptors (Lipinski definition) is 4. The topological polar surface area (TPSA) is 81.8 Å². The first kappa shape index (κ1) is 18.9. The van der Waals surface area contributed by atoms with Gasteiger partial charge in [0.25, 0.3) is 5.91 Å². The molecule has 136 valence electrons. The monoisotopic (exact) mass is 346 g/mol. The number of benzene rings is 1. The van der Waals surface area contributed by atoms with E-state index >= 15 is 0 Å². The van der Waals surface area contributed by atoms with Crippen LogP contribution in [-0.4, -0.2) is 66.9 Å². The first-order valence-electron chi connectivity index (χ1n) is 8.60. The molecular weight excluding hydrogens is 320 g/mol. The zero-order valence-corrected chi connectivity index (χ0v) is 14.8. The van der Waals surface area contributed by atoms with Gasteiger partial charge in [0.1, 0.15) is 0 Å². The minimum atomic E-state index is -0.461. The molecule has 0 aromatic heterocycles. The molecule has 0 unspecified atom stereocenters. The van der Waals surface area contributed by atoms with E-state index in [-0.39, 0.29) is 18.4 Å². The van der Waals surface area contributed by atoms with Crippen LogP contribution < -0.4 is 10.6 Å². The number of imide groups is 1. The Balaban J connectivity index is 1.72. The average molecular weight is 346 g/mol. The number of hydrogen-bond donors (Lipinski definition) is 2. The van der Waals surface area contributed by atoms with E-state index in [4.69, 9.17) is 0 Å². The van der Waals surface area contributed by atoms with Gasteiger partial charge < -0.3 is 10.2 Å². The van der Waals surface area contributed by atoms with Crippen LogP contribution in [0.1, 0.15) is 24.2 Å².